The highest BCUT2D eigenvalue weighted by atomic mass is 35.5. The zero-order chi connectivity index (χ0) is 18.8. The average molecular weight is 379 g/mol. The molecular formula is C23H19ClO3. The van der Waals surface area contributed by atoms with Gasteiger partial charge in [0.15, 0.2) is 11.9 Å². The second-order valence-electron chi connectivity index (χ2n) is 6.82. The van der Waals surface area contributed by atoms with Gasteiger partial charge < -0.3 is 4.74 Å². The first-order valence-electron chi connectivity index (χ1n) is 9.09. The summed E-state index contributed by atoms with van der Waals surface area (Å²) in [5.74, 6) is 0.277. The molecule has 4 rings (SSSR count). The summed E-state index contributed by atoms with van der Waals surface area (Å²) in [6.45, 7) is 0. The Morgan fingerprint density at radius 2 is 1.78 bits per heavy atom. The van der Waals surface area contributed by atoms with Crippen LogP contribution < -0.4 is 0 Å². The molecule has 0 unspecified atom stereocenters. The molecule has 27 heavy (non-hydrogen) atoms. The summed E-state index contributed by atoms with van der Waals surface area (Å²) in [5.41, 5.74) is 2.23. The molecule has 3 nitrogen and oxygen atoms in total. The number of ketones is 2. The van der Waals surface area contributed by atoms with Crippen molar-refractivity contribution in [3.8, 4) is 0 Å². The first-order chi connectivity index (χ1) is 13.1. The molecule has 0 spiro atoms. The summed E-state index contributed by atoms with van der Waals surface area (Å²) < 4.78 is 6.01. The molecule has 4 heteroatoms. The maximum atomic E-state index is 13.1. The van der Waals surface area contributed by atoms with E-state index in [1.165, 1.54) is 0 Å². The number of carbonyl (C=O) groups is 2. The Hall–Kier alpha value is -2.65. The van der Waals surface area contributed by atoms with Crippen LogP contribution >= 0.6 is 11.6 Å². The SMILES string of the molecule is O=C1CCCC2=C1[C@@H](/C=C/c1ccccc1)[C@H](C(=O)c1ccc(Cl)cc1)O2. The fourth-order valence-electron chi connectivity index (χ4n) is 3.68. The Morgan fingerprint density at radius 3 is 2.52 bits per heavy atom. The molecule has 2 aliphatic rings. The van der Waals surface area contributed by atoms with Crippen molar-refractivity contribution in [2.24, 2.45) is 5.92 Å². The Kier molecular flexibility index (Phi) is 4.95. The van der Waals surface area contributed by atoms with Crippen molar-refractivity contribution in [1.82, 2.24) is 0 Å². The van der Waals surface area contributed by atoms with Gasteiger partial charge in [0.05, 0.1) is 5.92 Å². The largest absolute Gasteiger partial charge is 0.485 e. The van der Waals surface area contributed by atoms with E-state index in [-0.39, 0.29) is 17.5 Å². The minimum Gasteiger partial charge on any atom is -0.485 e. The standard InChI is InChI=1S/C23H19ClO3/c24-17-12-10-16(11-13-17)22(26)23-18(14-9-15-5-2-1-3-6-15)21-19(25)7-4-8-20(21)27-23/h1-3,5-6,9-14,18,23H,4,7-8H2/b14-9+/t18-,23-/m1/s1. The molecule has 1 heterocycles. The van der Waals surface area contributed by atoms with Gasteiger partial charge in [-0.1, -0.05) is 54.1 Å². The predicted octanol–water partition coefficient (Wildman–Crippen LogP) is 5.26. The number of rotatable bonds is 4. The third kappa shape index (κ3) is 3.60. The number of halogens is 1. The molecule has 0 saturated carbocycles. The van der Waals surface area contributed by atoms with Gasteiger partial charge in [-0.15, -0.1) is 0 Å². The van der Waals surface area contributed by atoms with Crippen LogP contribution in [0, 0.1) is 5.92 Å². The van der Waals surface area contributed by atoms with Gasteiger partial charge in [0.25, 0.3) is 0 Å². The first-order valence-corrected chi connectivity index (χ1v) is 9.47. The van der Waals surface area contributed by atoms with E-state index in [1.807, 2.05) is 42.5 Å². The van der Waals surface area contributed by atoms with Crippen LogP contribution in [0.15, 0.2) is 72.0 Å². The summed E-state index contributed by atoms with van der Waals surface area (Å²) in [4.78, 5) is 25.6. The third-order valence-electron chi connectivity index (χ3n) is 5.02. The van der Waals surface area contributed by atoms with Gasteiger partial charge in [-0.05, 0) is 36.2 Å². The summed E-state index contributed by atoms with van der Waals surface area (Å²) in [7, 11) is 0. The van der Waals surface area contributed by atoms with Crippen molar-refractivity contribution in [2.45, 2.75) is 25.4 Å². The fourth-order valence-corrected chi connectivity index (χ4v) is 3.80. The van der Waals surface area contributed by atoms with Crippen LogP contribution in [0.2, 0.25) is 5.02 Å². The Bertz CT molecular complexity index is 926. The predicted molar refractivity (Wildman–Crippen MR) is 106 cm³/mol. The van der Waals surface area contributed by atoms with Crippen molar-refractivity contribution in [1.29, 1.82) is 0 Å². The lowest BCUT2D eigenvalue weighted by atomic mass is 9.83. The highest BCUT2D eigenvalue weighted by Crippen LogP contribution is 2.40. The van der Waals surface area contributed by atoms with E-state index >= 15 is 0 Å². The topological polar surface area (TPSA) is 43.4 Å². The van der Waals surface area contributed by atoms with Crippen LogP contribution in [-0.4, -0.2) is 17.7 Å². The average Bonchev–Trinajstić information content (AvgIpc) is 3.07. The Labute approximate surface area is 163 Å². The molecule has 0 saturated heterocycles. The number of hydrogen-bond donors (Lipinski definition) is 0. The smallest absolute Gasteiger partial charge is 0.204 e. The van der Waals surface area contributed by atoms with Crippen LogP contribution in [0.5, 0.6) is 0 Å². The Morgan fingerprint density at radius 1 is 1.04 bits per heavy atom. The van der Waals surface area contributed by atoms with E-state index < -0.39 is 6.10 Å². The van der Waals surface area contributed by atoms with Gasteiger partial charge in [0, 0.05) is 29.0 Å². The fraction of sp³-hybridized carbons (Fsp3) is 0.217. The van der Waals surface area contributed by atoms with Crippen molar-refractivity contribution in [2.75, 3.05) is 0 Å². The molecule has 1 aliphatic carbocycles. The molecule has 2 atom stereocenters. The number of benzene rings is 2. The summed E-state index contributed by atoms with van der Waals surface area (Å²) in [5, 5.41) is 0.576. The zero-order valence-corrected chi connectivity index (χ0v) is 15.5. The number of allylic oxidation sites excluding steroid dienone is 1. The van der Waals surface area contributed by atoms with Gasteiger partial charge >= 0.3 is 0 Å². The molecule has 136 valence electrons. The van der Waals surface area contributed by atoms with E-state index in [0.29, 0.717) is 34.8 Å². The van der Waals surface area contributed by atoms with Crippen LogP contribution in [0.4, 0.5) is 0 Å². The molecule has 0 radical (unpaired) electrons. The van der Waals surface area contributed by atoms with Crippen LogP contribution in [0.1, 0.15) is 35.2 Å². The van der Waals surface area contributed by atoms with Crippen molar-refractivity contribution in [3.63, 3.8) is 0 Å². The first kappa shape index (κ1) is 17.7. The normalized spacial score (nSPS) is 22.0. The van der Waals surface area contributed by atoms with E-state index in [0.717, 1.165) is 12.0 Å². The summed E-state index contributed by atoms with van der Waals surface area (Å²) in [6.07, 6.45) is 5.17. The highest BCUT2D eigenvalue weighted by Gasteiger charge is 2.43. The molecule has 0 fully saturated rings. The lowest BCUT2D eigenvalue weighted by Crippen LogP contribution is -2.28. The molecular weight excluding hydrogens is 360 g/mol. The minimum absolute atomic E-state index is 0.0883. The Balaban J connectivity index is 1.68. The second-order valence-corrected chi connectivity index (χ2v) is 7.26. The molecule has 1 aliphatic heterocycles. The third-order valence-corrected chi connectivity index (χ3v) is 5.27. The number of Topliss-reactive ketones (excluding diaryl/α,β-unsaturated/α-hetero) is 2. The van der Waals surface area contributed by atoms with Gasteiger partial charge in [0.2, 0.25) is 5.78 Å². The van der Waals surface area contributed by atoms with Crippen LogP contribution in [-0.2, 0) is 9.53 Å². The van der Waals surface area contributed by atoms with Crippen molar-refractivity contribution >= 4 is 29.2 Å². The van der Waals surface area contributed by atoms with E-state index in [2.05, 4.69) is 0 Å². The highest BCUT2D eigenvalue weighted by molar-refractivity contribution is 6.30. The van der Waals surface area contributed by atoms with Crippen molar-refractivity contribution < 1.29 is 14.3 Å². The molecule has 2 aromatic carbocycles. The van der Waals surface area contributed by atoms with Crippen molar-refractivity contribution in [3.05, 3.63) is 88.2 Å². The zero-order valence-electron chi connectivity index (χ0n) is 14.7. The maximum Gasteiger partial charge on any atom is 0.204 e. The van der Waals surface area contributed by atoms with E-state index in [1.54, 1.807) is 24.3 Å². The lowest BCUT2D eigenvalue weighted by molar-refractivity contribution is -0.116. The van der Waals surface area contributed by atoms with Gasteiger partial charge in [-0.3, -0.25) is 9.59 Å². The van der Waals surface area contributed by atoms with E-state index in [4.69, 9.17) is 16.3 Å². The van der Waals surface area contributed by atoms with Crippen LogP contribution in [0.25, 0.3) is 6.08 Å². The maximum absolute atomic E-state index is 13.1. The number of ether oxygens (including phenoxy) is 1. The summed E-state index contributed by atoms with van der Waals surface area (Å²) >= 11 is 5.93. The molecule has 0 bridgehead atoms. The number of carbonyl (C=O) groups excluding carboxylic acids is 2. The monoisotopic (exact) mass is 378 g/mol. The van der Waals surface area contributed by atoms with Gasteiger partial charge in [-0.25, -0.2) is 0 Å². The molecule has 0 aromatic heterocycles. The second kappa shape index (κ2) is 7.53. The molecule has 0 N–H and O–H groups in total. The lowest BCUT2D eigenvalue weighted by Gasteiger charge is -2.17. The number of hydrogen-bond acceptors (Lipinski definition) is 3. The summed E-state index contributed by atoms with van der Waals surface area (Å²) in [6, 6.07) is 16.6. The van der Waals surface area contributed by atoms with Gasteiger partial charge in [0.1, 0.15) is 5.76 Å². The van der Waals surface area contributed by atoms with Crippen LogP contribution in [0.3, 0.4) is 0 Å². The van der Waals surface area contributed by atoms with E-state index in [9.17, 15) is 9.59 Å². The molecule has 2 aromatic rings. The minimum atomic E-state index is -0.710. The van der Waals surface area contributed by atoms with Gasteiger partial charge in [-0.2, -0.15) is 0 Å². The molecule has 0 amide bonds. The quantitative estimate of drug-likeness (QED) is 0.682.